The molecule has 6 rings (SSSR count). The number of piperidine rings is 1. The third-order valence-electron chi connectivity index (χ3n) is 8.01. The third kappa shape index (κ3) is 6.82. The van der Waals surface area contributed by atoms with E-state index in [9.17, 15) is 8.42 Å². The van der Waals surface area contributed by atoms with Crippen LogP contribution in [0.25, 0.3) is 11.3 Å². The van der Waals surface area contributed by atoms with Crippen molar-refractivity contribution in [2.75, 3.05) is 20.2 Å². The van der Waals surface area contributed by atoms with Crippen molar-refractivity contribution in [3.05, 3.63) is 131 Å². The number of rotatable bonds is 9. The van der Waals surface area contributed by atoms with Gasteiger partial charge in [-0.1, -0.05) is 72.8 Å². The molecule has 2 heterocycles. The minimum absolute atomic E-state index is 0.339. The molecule has 0 saturated carbocycles. The Morgan fingerprint density at radius 3 is 2.07 bits per heavy atom. The smallest absolute Gasteiger partial charge is 0.243 e. The fourth-order valence-electron chi connectivity index (χ4n) is 5.58. The molecular weight excluding hydrogens is 575 g/mol. The highest BCUT2D eigenvalue weighted by atomic mass is 32.2. The Morgan fingerprint density at radius 2 is 1.44 bits per heavy atom. The molecule has 220 valence electrons. The van der Waals surface area contributed by atoms with Crippen LogP contribution < -0.4 is 9.54 Å². The molecule has 8 heteroatoms. The van der Waals surface area contributed by atoms with Crippen LogP contribution in [0.1, 0.15) is 24.0 Å². The number of benzene rings is 4. The van der Waals surface area contributed by atoms with Gasteiger partial charge in [-0.2, -0.15) is 4.31 Å². The van der Waals surface area contributed by atoms with Crippen LogP contribution in [0, 0.1) is 5.92 Å². The van der Waals surface area contributed by atoms with Crippen molar-refractivity contribution in [1.29, 1.82) is 0 Å². The molecule has 0 radical (unpaired) electrons. The standard InChI is InChI=1S/C35H35N3O3S2/c1-41-32-16-14-31(15-17-32)36-35-38(25-29-10-6-3-7-11-29)34(26-42-35)30-12-18-33(19-13-30)43(39,40)37-22-20-28(21-23-37)24-27-8-4-2-5-9-27/h2-19,26,28H,20-25H2,1H3. The van der Waals surface area contributed by atoms with E-state index in [1.54, 1.807) is 34.9 Å². The summed E-state index contributed by atoms with van der Waals surface area (Å²) in [5, 5.41) is 2.09. The second kappa shape index (κ2) is 13.1. The Balaban J connectivity index is 1.23. The molecule has 4 aromatic carbocycles. The van der Waals surface area contributed by atoms with Crippen LogP contribution in [0.3, 0.4) is 0 Å². The van der Waals surface area contributed by atoms with Gasteiger partial charge in [0.15, 0.2) is 4.80 Å². The summed E-state index contributed by atoms with van der Waals surface area (Å²) < 4.78 is 36.2. The first-order chi connectivity index (χ1) is 21.0. The Bertz CT molecular complexity index is 1810. The van der Waals surface area contributed by atoms with E-state index >= 15 is 0 Å². The number of sulfonamides is 1. The maximum atomic E-state index is 13.6. The third-order valence-corrected chi connectivity index (χ3v) is 10.8. The lowest BCUT2D eigenvalue weighted by Crippen LogP contribution is -2.38. The fourth-order valence-corrected chi connectivity index (χ4v) is 7.98. The molecule has 0 atom stereocenters. The molecule has 1 aromatic heterocycles. The Kier molecular flexibility index (Phi) is 8.88. The van der Waals surface area contributed by atoms with Gasteiger partial charge in [0.1, 0.15) is 5.75 Å². The van der Waals surface area contributed by atoms with E-state index in [-0.39, 0.29) is 0 Å². The van der Waals surface area contributed by atoms with Gasteiger partial charge in [0.05, 0.1) is 29.9 Å². The lowest BCUT2D eigenvalue weighted by atomic mass is 9.91. The zero-order valence-electron chi connectivity index (χ0n) is 24.2. The number of ether oxygens (including phenoxy) is 1. The molecule has 0 spiro atoms. The Labute approximate surface area is 257 Å². The van der Waals surface area contributed by atoms with Gasteiger partial charge in [0.25, 0.3) is 0 Å². The van der Waals surface area contributed by atoms with Crippen molar-refractivity contribution in [3.63, 3.8) is 0 Å². The first-order valence-electron chi connectivity index (χ1n) is 14.5. The van der Waals surface area contributed by atoms with Gasteiger partial charge >= 0.3 is 0 Å². The van der Waals surface area contributed by atoms with Crippen LogP contribution in [0.4, 0.5) is 5.69 Å². The lowest BCUT2D eigenvalue weighted by Gasteiger charge is -2.31. The van der Waals surface area contributed by atoms with Crippen molar-refractivity contribution in [2.24, 2.45) is 10.9 Å². The highest BCUT2D eigenvalue weighted by Crippen LogP contribution is 2.29. The summed E-state index contributed by atoms with van der Waals surface area (Å²) in [6.45, 7) is 1.76. The second-order valence-corrected chi connectivity index (χ2v) is 13.6. The van der Waals surface area contributed by atoms with Gasteiger partial charge in [-0.05, 0) is 78.3 Å². The molecule has 0 bridgehead atoms. The zero-order chi connectivity index (χ0) is 29.6. The SMILES string of the molecule is COc1ccc(N=c2scc(-c3ccc(S(=O)(=O)N4CCC(Cc5ccccc5)CC4)cc3)n2Cc2ccccc2)cc1. The highest BCUT2D eigenvalue weighted by Gasteiger charge is 2.29. The maximum absolute atomic E-state index is 13.6. The summed E-state index contributed by atoms with van der Waals surface area (Å²) in [4.78, 5) is 6.13. The molecule has 1 fully saturated rings. The molecule has 1 aliphatic heterocycles. The minimum atomic E-state index is -3.56. The van der Waals surface area contributed by atoms with E-state index in [1.165, 1.54) is 5.56 Å². The van der Waals surface area contributed by atoms with Gasteiger partial charge in [-0.25, -0.2) is 13.4 Å². The largest absolute Gasteiger partial charge is 0.497 e. The predicted octanol–water partition coefficient (Wildman–Crippen LogP) is 7.15. The van der Waals surface area contributed by atoms with E-state index in [0.717, 1.165) is 52.3 Å². The average molecular weight is 610 g/mol. The minimum Gasteiger partial charge on any atom is -0.497 e. The van der Waals surface area contributed by atoms with Crippen LogP contribution in [0.2, 0.25) is 0 Å². The molecular formula is C35H35N3O3S2. The average Bonchev–Trinajstić information content (AvgIpc) is 3.44. The van der Waals surface area contributed by atoms with E-state index in [4.69, 9.17) is 9.73 Å². The van der Waals surface area contributed by atoms with Crippen molar-refractivity contribution in [3.8, 4) is 17.0 Å². The van der Waals surface area contributed by atoms with Crippen LogP contribution in [0.15, 0.2) is 124 Å². The molecule has 0 N–H and O–H groups in total. The summed E-state index contributed by atoms with van der Waals surface area (Å²) in [6.07, 6.45) is 2.75. The molecule has 1 aliphatic rings. The van der Waals surface area contributed by atoms with Gasteiger partial charge in [-0.15, -0.1) is 11.3 Å². The predicted molar refractivity (Wildman–Crippen MR) is 173 cm³/mol. The topological polar surface area (TPSA) is 63.9 Å². The quantitative estimate of drug-likeness (QED) is 0.178. The van der Waals surface area contributed by atoms with Gasteiger partial charge in [-0.3, -0.25) is 0 Å². The van der Waals surface area contributed by atoms with E-state index in [0.29, 0.717) is 30.4 Å². The molecule has 43 heavy (non-hydrogen) atoms. The molecule has 5 aromatic rings. The van der Waals surface area contributed by atoms with Crippen molar-refractivity contribution < 1.29 is 13.2 Å². The van der Waals surface area contributed by atoms with E-state index in [1.807, 2.05) is 60.7 Å². The second-order valence-electron chi connectivity index (χ2n) is 10.8. The number of nitrogens with zero attached hydrogens (tertiary/aromatic N) is 3. The molecule has 0 unspecified atom stereocenters. The van der Waals surface area contributed by atoms with Crippen molar-refractivity contribution in [1.82, 2.24) is 8.87 Å². The Hall–Kier alpha value is -3.98. The number of methoxy groups -OCH3 is 1. The van der Waals surface area contributed by atoms with Crippen LogP contribution in [-0.2, 0) is 23.0 Å². The van der Waals surface area contributed by atoms with Crippen LogP contribution >= 0.6 is 11.3 Å². The zero-order valence-corrected chi connectivity index (χ0v) is 25.8. The van der Waals surface area contributed by atoms with Gasteiger partial charge < -0.3 is 9.30 Å². The number of thiazole rings is 1. The maximum Gasteiger partial charge on any atom is 0.243 e. The number of hydrogen-bond acceptors (Lipinski definition) is 5. The van der Waals surface area contributed by atoms with E-state index in [2.05, 4.69) is 46.3 Å². The molecule has 1 saturated heterocycles. The molecule has 6 nitrogen and oxygen atoms in total. The van der Waals surface area contributed by atoms with E-state index < -0.39 is 10.0 Å². The summed E-state index contributed by atoms with van der Waals surface area (Å²) in [6, 6.07) is 35.7. The van der Waals surface area contributed by atoms with Crippen LogP contribution in [0.5, 0.6) is 5.75 Å². The molecule has 0 aliphatic carbocycles. The number of aromatic nitrogens is 1. The number of hydrogen-bond donors (Lipinski definition) is 0. The lowest BCUT2D eigenvalue weighted by molar-refractivity contribution is 0.273. The summed E-state index contributed by atoms with van der Waals surface area (Å²) in [5.74, 6) is 1.29. The first kappa shape index (κ1) is 29.1. The van der Waals surface area contributed by atoms with Crippen LogP contribution in [-0.4, -0.2) is 37.5 Å². The van der Waals surface area contributed by atoms with Crippen molar-refractivity contribution >= 4 is 27.0 Å². The summed E-state index contributed by atoms with van der Waals surface area (Å²) in [5.41, 5.74) is 5.26. The molecule has 0 amide bonds. The van der Waals surface area contributed by atoms with Gasteiger partial charge in [0.2, 0.25) is 10.0 Å². The Morgan fingerprint density at radius 1 is 0.814 bits per heavy atom. The fraction of sp³-hybridized carbons (Fsp3) is 0.229. The summed E-state index contributed by atoms with van der Waals surface area (Å²) >= 11 is 1.57. The summed E-state index contributed by atoms with van der Waals surface area (Å²) in [7, 11) is -1.91. The van der Waals surface area contributed by atoms with Gasteiger partial charge in [0, 0.05) is 18.5 Å². The normalized spacial score (nSPS) is 15.0. The monoisotopic (exact) mass is 609 g/mol. The highest BCUT2D eigenvalue weighted by molar-refractivity contribution is 7.89. The van der Waals surface area contributed by atoms with Crippen molar-refractivity contribution in [2.45, 2.75) is 30.7 Å². The first-order valence-corrected chi connectivity index (χ1v) is 16.9.